The van der Waals surface area contributed by atoms with Gasteiger partial charge in [0, 0.05) is 24.1 Å². The molecule has 132 valence electrons. The summed E-state index contributed by atoms with van der Waals surface area (Å²) in [5.41, 5.74) is 2.25. The van der Waals surface area contributed by atoms with Crippen molar-refractivity contribution in [1.29, 1.82) is 0 Å². The molecular formula is C19H31N3O2+2. The first-order chi connectivity index (χ1) is 11.6. The minimum absolute atomic E-state index is 0.0872. The molecule has 5 nitrogen and oxygen atoms in total. The number of carbonyl (C=O) groups excluding carboxylic acids is 1. The van der Waals surface area contributed by atoms with E-state index in [4.69, 9.17) is 4.74 Å². The smallest absolute Gasteiger partial charge is 0.279 e. The van der Waals surface area contributed by atoms with Gasteiger partial charge in [-0.3, -0.25) is 4.79 Å². The van der Waals surface area contributed by atoms with Crippen LogP contribution in [0, 0.1) is 0 Å². The van der Waals surface area contributed by atoms with E-state index in [0.29, 0.717) is 6.54 Å². The predicted octanol–water partition coefficient (Wildman–Crippen LogP) is -0.504. The number of ether oxygens (including phenoxy) is 1. The Kier molecular flexibility index (Phi) is 5.87. The van der Waals surface area contributed by atoms with Gasteiger partial charge in [0.25, 0.3) is 5.91 Å². The summed E-state index contributed by atoms with van der Waals surface area (Å²) in [6.45, 7) is 10.1. The third-order valence-electron chi connectivity index (χ3n) is 5.03. The monoisotopic (exact) mass is 333 g/mol. The van der Waals surface area contributed by atoms with Gasteiger partial charge in [-0.25, -0.2) is 0 Å². The van der Waals surface area contributed by atoms with Crippen LogP contribution in [0.4, 0.5) is 5.69 Å². The predicted molar refractivity (Wildman–Crippen MR) is 94.3 cm³/mol. The van der Waals surface area contributed by atoms with Crippen LogP contribution in [0.1, 0.15) is 32.3 Å². The third kappa shape index (κ3) is 5.03. The summed E-state index contributed by atoms with van der Waals surface area (Å²) in [4.78, 5) is 15.3. The SMILES string of the molecule is C[C@@H]1C[NH+](CC(=O)Nc2ccc(C[NH+]3CCCC3)cc2)C[C@@H](C)O1. The van der Waals surface area contributed by atoms with Gasteiger partial charge in [0.2, 0.25) is 0 Å². The van der Waals surface area contributed by atoms with Crippen molar-refractivity contribution in [2.45, 2.75) is 45.4 Å². The maximum atomic E-state index is 12.3. The van der Waals surface area contributed by atoms with Gasteiger partial charge in [0.05, 0.1) is 13.1 Å². The lowest BCUT2D eigenvalue weighted by atomic mass is 10.2. The van der Waals surface area contributed by atoms with Crippen LogP contribution < -0.4 is 15.1 Å². The van der Waals surface area contributed by atoms with E-state index in [1.807, 2.05) is 12.1 Å². The van der Waals surface area contributed by atoms with E-state index in [1.54, 1.807) is 4.90 Å². The summed E-state index contributed by atoms with van der Waals surface area (Å²) in [7, 11) is 0. The molecule has 2 fully saturated rings. The summed E-state index contributed by atoms with van der Waals surface area (Å²) in [6, 6.07) is 8.35. The molecule has 3 N–H and O–H groups in total. The standard InChI is InChI=1S/C19H29N3O2/c1-15-11-22(12-16(2)24-15)14-19(23)20-18-7-5-17(6-8-18)13-21-9-3-4-10-21/h5-8,15-16H,3-4,9-14H2,1-2H3,(H,20,23)/p+2/t15-,16-/m1/s1. The van der Waals surface area contributed by atoms with E-state index in [1.165, 1.54) is 36.4 Å². The molecule has 2 aliphatic rings. The molecular weight excluding hydrogens is 302 g/mol. The number of carbonyl (C=O) groups is 1. The van der Waals surface area contributed by atoms with Crippen molar-refractivity contribution in [2.75, 3.05) is 38.0 Å². The van der Waals surface area contributed by atoms with Gasteiger partial charge in [0.1, 0.15) is 31.8 Å². The molecule has 2 heterocycles. The van der Waals surface area contributed by atoms with Gasteiger partial charge in [-0.2, -0.15) is 0 Å². The lowest BCUT2D eigenvalue weighted by Crippen LogP contribution is -3.16. The summed E-state index contributed by atoms with van der Waals surface area (Å²) >= 11 is 0. The van der Waals surface area contributed by atoms with Crippen LogP contribution >= 0.6 is 0 Å². The lowest BCUT2D eigenvalue weighted by molar-refractivity contribution is -0.907. The van der Waals surface area contributed by atoms with E-state index in [-0.39, 0.29) is 18.1 Å². The number of likely N-dealkylation sites (tertiary alicyclic amines) is 1. The lowest BCUT2D eigenvalue weighted by Gasteiger charge is -2.31. The highest BCUT2D eigenvalue weighted by molar-refractivity contribution is 5.91. The molecule has 0 saturated carbocycles. The molecule has 0 bridgehead atoms. The number of nitrogens with one attached hydrogen (secondary N) is 3. The first-order valence-corrected chi connectivity index (χ1v) is 9.30. The minimum atomic E-state index is 0.0872. The number of benzene rings is 1. The second kappa shape index (κ2) is 8.10. The Morgan fingerprint density at radius 1 is 1.08 bits per heavy atom. The van der Waals surface area contributed by atoms with E-state index in [9.17, 15) is 4.79 Å². The molecule has 24 heavy (non-hydrogen) atoms. The summed E-state index contributed by atoms with van der Waals surface area (Å²) in [6.07, 6.45) is 3.16. The topological polar surface area (TPSA) is 47.2 Å². The van der Waals surface area contributed by atoms with Crippen LogP contribution in [0.3, 0.4) is 0 Å². The minimum Gasteiger partial charge on any atom is -0.364 e. The van der Waals surface area contributed by atoms with Crippen molar-refractivity contribution in [3.63, 3.8) is 0 Å². The molecule has 2 saturated heterocycles. The molecule has 2 atom stereocenters. The van der Waals surface area contributed by atoms with Gasteiger partial charge < -0.3 is 19.9 Å². The average Bonchev–Trinajstić information content (AvgIpc) is 3.01. The Morgan fingerprint density at radius 3 is 2.33 bits per heavy atom. The molecule has 3 rings (SSSR count). The zero-order chi connectivity index (χ0) is 16.9. The van der Waals surface area contributed by atoms with Crippen LogP contribution in [0.15, 0.2) is 24.3 Å². The van der Waals surface area contributed by atoms with E-state index in [2.05, 4.69) is 31.3 Å². The fourth-order valence-electron chi connectivity index (χ4n) is 4.01. The van der Waals surface area contributed by atoms with Gasteiger partial charge in [0.15, 0.2) is 6.54 Å². The third-order valence-corrected chi connectivity index (χ3v) is 5.03. The molecule has 1 amide bonds. The number of quaternary nitrogens is 2. The number of hydrogen-bond acceptors (Lipinski definition) is 2. The molecule has 0 aromatic heterocycles. The molecule has 0 aliphatic carbocycles. The highest BCUT2D eigenvalue weighted by atomic mass is 16.5. The van der Waals surface area contributed by atoms with Crippen molar-refractivity contribution >= 4 is 11.6 Å². The molecule has 0 radical (unpaired) electrons. The first-order valence-electron chi connectivity index (χ1n) is 9.30. The van der Waals surface area contributed by atoms with E-state index in [0.717, 1.165) is 25.3 Å². The second-order valence-corrected chi connectivity index (χ2v) is 7.47. The molecule has 2 aliphatic heterocycles. The Morgan fingerprint density at radius 2 is 1.71 bits per heavy atom. The molecule has 1 aromatic carbocycles. The Balaban J connectivity index is 1.47. The maximum absolute atomic E-state index is 12.3. The van der Waals surface area contributed by atoms with Crippen molar-refractivity contribution in [3.05, 3.63) is 29.8 Å². The van der Waals surface area contributed by atoms with E-state index >= 15 is 0 Å². The largest absolute Gasteiger partial charge is 0.364 e. The maximum Gasteiger partial charge on any atom is 0.279 e. The van der Waals surface area contributed by atoms with Crippen LogP contribution in [0.2, 0.25) is 0 Å². The molecule has 0 unspecified atom stereocenters. The Labute approximate surface area is 145 Å². The van der Waals surface area contributed by atoms with Gasteiger partial charge in [-0.05, 0) is 26.0 Å². The average molecular weight is 333 g/mol. The van der Waals surface area contributed by atoms with Crippen LogP contribution in [0.25, 0.3) is 0 Å². The van der Waals surface area contributed by atoms with Crippen molar-refractivity contribution < 1.29 is 19.3 Å². The van der Waals surface area contributed by atoms with Gasteiger partial charge in [-0.1, -0.05) is 12.1 Å². The quantitative estimate of drug-likeness (QED) is 0.680. The summed E-state index contributed by atoms with van der Waals surface area (Å²) < 4.78 is 5.73. The number of hydrogen-bond donors (Lipinski definition) is 3. The number of morpholine rings is 1. The zero-order valence-corrected chi connectivity index (χ0v) is 14.9. The summed E-state index contributed by atoms with van der Waals surface area (Å²) in [5, 5.41) is 3.03. The highest BCUT2D eigenvalue weighted by Crippen LogP contribution is 2.09. The fraction of sp³-hybridized carbons (Fsp3) is 0.632. The van der Waals surface area contributed by atoms with Crippen LogP contribution in [-0.4, -0.2) is 50.8 Å². The number of anilines is 1. The number of rotatable bonds is 5. The van der Waals surface area contributed by atoms with Crippen molar-refractivity contribution in [2.24, 2.45) is 0 Å². The molecule has 0 spiro atoms. The van der Waals surface area contributed by atoms with Crippen molar-refractivity contribution in [3.8, 4) is 0 Å². The van der Waals surface area contributed by atoms with Gasteiger partial charge in [-0.15, -0.1) is 0 Å². The first kappa shape index (κ1) is 17.4. The second-order valence-electron chi connectivity index (χ2n) is 7.47. The van der Waals surface area contributed by atoms with Crippen molar-refractivity contribution in [1.82, 2.24) is 0 Å². The Bertz CT molecular complexity index is 530. The molecule has 1 aromatic rings. The summed E-state index contributed by atoms with van der Waals surface area (Å²) in [5.74, 6) is 0.0872. The fourth-order valence-corrected chi connectivity index (χ4v) is 4.01. The van der Waals surface area contributed by atoms with E-state index < -0.39 is 0 Å². The van der Waals surface area contributed by atoms with Crippen LogP contribution in [-0.2, 0) is 16.1 Å². The highest BCUT2D eigenvalue weighted by Gasteiger charge is 2.27. The molecule has 5 heteroatoms. The Hall–Kier alpha value is -1.43. The van der Waals surface area contributed by atoms with Gasteiger partial charge >= 0.3 is 0 Å². The number of amides is 1. The zero-order valence-electron chi connectivity index (χ0n) is 14.9. The van der Waals surface area contributed by atoms with Crippen LogP contribution in [0.5, 0.6) is 0 Å². The normalized spacial score (nSPS) is 28.0.